The lowest BCUT2D eigenvalue weighted by Gasteiger charge is -2.00. The van der Waals surface area contributed by atoms with E-state index in [1.165, 1.54) is 0 Å². The minimum Gasteiger partial charge on any atom is -0.481 e. The Bertz CT molecular complexity index is 480. The standard InChI is InChI=1S/C12H10N2O2/c15-12(16)7-9-4-5-11(14-8-9)10-3-1-2-6-13-10/h1-6,8H,7H2,(H,15,16). The van der Waals surface area contributed by atoms with Crippen LogP contribution in [0.1, 0.15) is 5.56 Å². The molecule has 0 fully saturated rings. The van der Waals surface area contributed by atoms with Crippen molar-refractivity contribution < 1.29 is 9.90 Å². The van der Waals surface area contributed by atoms with Gasteiger partial charge in [0.05, 0.1) is 17.8 Å². The van der Waals surface area contributed by atoms with Crippen LogP contribution in [0.5, 0.6) is 0 Å². The van der Waals surface area contributed by atoms with Crippen molar-refractivity contribution in [2.24, 2.45) is 0 Å². The highest BCUT2D eigenvalue weighted by Crippen LogP contribution is 2.13. The molecule has 0 unspecified atom stereocenters. The first-order valence-electron chi connectivity index (χ1n) is 4.84. The van der Waals surface area contributed by atoms with E-state index in [0.717, 1.165) is 11.4 Å². The first kappa shape index (κ1) is 10.3. The van der Waals surface area contributed by atoms with Gasteiger partial charge in [-0.2, -0.15) is 0 Å². The first-order chi connectivity index (χ1) is 7.75. The van der Waals surface area contributed by atoms with E-state index in [1.54, 1.807) is 24.5 Å². The molecule has 0 saturated carbocycles. The van der Waals surface area contributed by atoms with Gasteiger partial charge in [-0.15, -0.1) is 0 Å². The van der Waals surface area contributed by atoms with Crippen molar-refractivity contribution in [2.75, 3.05) is 0 Å². The van der Waals surface area contributed by atoms with Gasteiger partial charge in [-0.05, 0) is 23.8 Å². The van der Waals surface area contributed by atoms with E-state index in [1.807, 2.05) is 18.2 Å². The Balaban J connectivity index is 2.23. The normalized spacial score (nSPS) is 10.0. The van der Waals surface area contributed by atoms with Gasteiger partial charge in [0.15, 0.2) is 0 Å². The van der Waals surface area contributed by atoms with E-state index in [2.05, 4.69) is 9.97 Å². The third-order valence-corrected chi connectivity index (χ3v) is 2.11. The van der Waals surface area contributed by atoms with Crippen molar-refractivity contribution in [1.82, 2.24) is 9.97 Å². The highest BCUT2D eigenvalue weighted by Gasteiger charge is 2.02. The summed E-state index contributed by atoms with van der Waals surface area (Å²) in [5, 5.41) is 8.61. The highest BCUT2D eigenvalue weighted by molar-refractivity contribution is 5.70. The maximum atomic E-state index is 10.5. The first-order valence-corrected chi connectivity index (χ1v) is 4.84. The van der Waals surface area contributed by atoms with Gasteiger partial charge in [0.25, 0.3) is 0 Å². The predicted molar refractivity (Wildman–Crippen MR) is 58.8 cm³/mol. The zero-order valence-corrected chi connectivity index (χ0v) is 8.50. The molecule has 0 amide bonds. The smallest absolute Gasteiger partial charge is 0.307 e. The molecule has 0 aliphatic heterocycles. The topological polar surface area (TPSA) is 63.1 Å². The fourth-order valence-electron chi connectivity index (χ4n) is 1.37. The second kappa shape index (κ2) is 4.53. The Kier molecular flexibility index (Phi) is 2.91. The molecular formula is C12H10N2O2. The average molecular weight is 214 g/mol. The van der Waals surface area contributed by atoms with E-state index >= 15 is 0 Å². The molecule has 0 aromatic carbocycles. The molecule has 0 atom stereocenters. The van der Waals surface area contributed by atoms with Crippen LogP contribution in [0, 0.1) is 0 Å². The number of carboxylic acids is 1. The van der Waals surface area contributed by atoms with Gasteiger partial charge in [0.2, 0.25) is 0 Å². The van der Waals surface area contributed by atoms with Gasteiger partial charge < -0.3 is 5.11 Å². The van der Waals surface area contributed by atoms with Gasteiger partial charge >= 0.3 is 5.97 Å². The quantitative estimate of drug-likeness (QED) is 0.845. The number of carboxylic acid groups (broad SMARTS) is 1. The molecular weight excluding hydrogens is 204 g/mol. The molecule has 0 aliphatic rings. The van der Waals surface area contributed by atoms with Crippen molar-refractivity contribution in [3.05, 3.63) is 48.3 Å². The largest absolute Gasteiger partial charge is 0.481 e. The second-order valence-corrected chi connectivity index (χ2v) is 3.34. The molecule has 16 heavy (non-hydrogen) atoms. The average Bonchev–Trinajstić information content (AvgIpc) is 2.30. The number of rotatable bonds is 3. The summed E-state index contributed by atoms with van der Waals surface area (Å²) < 4.78 is 0. The second-order valence-electron chi connectivity index (χ2n) is 3.34. The van der Waals surface area contributed by atoms with Gasteiger partial charge in [0.1, 0.15) is 0 Å². The molecule has 0 aliphatic carbocycles. The minimum absolute atomic E-state index is 0.00447. The van der Waals surface area contributed by atoms with Gasteiger partial charge in [-0.25, -0.2) is 0 Å². The van der Waals surface area contributed by atoms with Gasteiger partial charge in [-0.3, -0.25) is 14.8 Å². The van der Waals surface area contributed by atoms with Crippen LogP contribution in [-0.4, -0.2) is 21.0 Å². The van der Waals surface area contributed by atoms with Crippen LogP contribution in [0.25, 0.3) is 11.4 Å². The van der Waals surface area contributed by atoms with E-state index < -0.39 is 5.97 Å². The van der Waals surface area contributed by atoms with E-state index in [9.17, 15) is 4.79 Å². The monoisotopic (exact) mass is 214 g/mol. The van der Waals surface area contributed by atoms with E-state index in [-0.39, 0.29) is 6.42 Å². The summed E-state index contributed by atoms with van der Waals surface area (Å²) in [6.07, 6.45) is 3.26. The molecule has 0 bridgehead atoms. The summed E-state index contributed by atoms with van der Waals surface area (Å²) in [5.74, 6) is -0.854. The predicted octanol–water partition coefficient (Wildman–Crippen LogP) is 1.77. The third-order valence-electron chi connectivity index (χ3n) is 2.11. The molecule has 0 saturated heterocycles. The molecule has 4 nitrogen and oxygen atoms in total. The molecule has 2 aromatic heterocycles. The Labute approximate surface area is 92.6 Å². The summed E-state index contributed by atoms with van der Waals surface area (Å²) >= 11 is 0. The fourth-order valence-corrected chi connectivity index (χ4v) is 1.37. The molecule has 2 rings (SSSR count). The lowest BCUT2D eigenvalue weighted by atomic mass is 10.2. The Hall–Kier alpha value is -2.23. The third kappa shape index (κ3) is 2.42. The van der Waals surface area contributed by atoms with Gasteiger partial charge in [-0.1, -0.05) is 12.1 Å². The highest BCUT2D eigenvalue weighted by atomic mass is 16.4. The molecule has 80 valence electrons. The van der Waals surface area contributed by atoms with Crippen LogP contribution in [0.2, 0.25) is 0 Å². The molecule has 2 heterocycles. The van der Waals surface area contributed by atoms with Crippen LogP contribution >= 0.6 is 0 Å². The summed E-state index contributed by atoms with van der Waals surface area (Å²) in [6, 6.07) is 9.11. The van der Waals surface area contributed by atoms with Crippen LogP contribution < -0.4 is 0 Å². The molecule has 0 spiro atoms. The molecule has 2 aromatic rings. The number of aliphatic carboxylic acids is 1. The van der Waals surface area contributed by atoms with Crippen LogP contribution in [0.15, 0.2) is 42.7 Å². The zero-order valence-electron chi connectivity index (χ0n) is 8.50. The molecule has 1 N–H and O–H groups in total. The van der Waals surface area contributed by atoms with Crippen molar-refractivity contribution in [1.29, 1.82) is 0 Å². The Morgan fingerprint density at radius 2 is 1.94 bits per heavy atom. The SMILES string of the molecule is O=C(O)Cc1ccc(-c2ccccn2)nc1. The summed E-state index contributed by atoms with van der Waals surface area (Å²) in [6.45, 7) is 0. The summed E-state index contributed by atoms with van der Waals surface area (Å²) in [4.78, 5) is 18.8. The maximum absolute atomic E-state index is 10.5. The molecule has 4 heteroatoms. The van der Waals surface area contributed by atoms with Crippen molar-refractivity contribution in [2.45, 2.75) is 6.42 Å². The number of aromatic nitrogens is 2. The summed E-state index contributed by atoms with van der Waals surface area (Å²) in [7, 11) is 0. The van der Waals surface area contributed by atoms with Crippen LogP contribution in [-0.2, 0) is 11.2 Å². The number of hydrogen-bond acceptors (Lipinski definition) is 3. The lowest BCUT2D eigenvalue weighted by Crippen LogP contribution is -2.00. The lowest BCUT2D eigenvalue weighted by molar-refractivity contribution is -0.136. The van der Waals surface area contributed by atoms with Crippen LogP contribution in [0.4, 0.5) is 0 Å². The maximum Gasteiger partial charge on any atom is 0.307 e. The number of nitrogens with zero attached hydrogens (tertiary/aromatic N) is 2. The van der Waals surface area contributed by atoms with Crippen molar-refractivity contribution >= 4 is 5.97 Å². The van der Waals surface area contributed by atoms with Crippen molar-refractivity contribution in [3.8, 4) is 11.4 Å². The minimum atomic E-state index is -0.854. The van der Waals surface area contributed by atoms with E-state index in [4.69, 9.17) is 5.11 Å². The number of carbonyl (C=O) groups is 1. The van der Waals surface area contributed by atoms with Crippen molar-refractivity contribution in [3.63, 3.8) is 0 Å². The van der Waals surface area contributed by atoms with Gasteiger partial charge in [0, 0.05) is 12.4 Å². The Morgan fingerprint density at radius 3 is 2.50 bits per heavy atom. The number of hydrogen-bond donors (Lipinski definition) is 1. The molecule has 0 radical (unpaired) electrons. The summed E-state index contributed by atoms with van der Waals surface area (Å²) in [5.41, 5.74) is 2.21. The number of pyridine rings is 2. The van der Waals surface area contributed by atoms with Crippen LogP contribution in [0.3, 0.4) is 0 Å². The van der Waals surface area contributed by atoms with E-state index in [0.29, 0.717) is 5.56 Å². The fraction of sp³-hybridized carbons (Fsp3) is 0.0833. The Morgan fingerprint density at radius 1 is 1.12 bits per heavy atom. The zero-order chi connectivity index (χ0) is 11.4.